The Balaban J connectivity index is 2.70. The predicted octanol–water partition coefficient (Wildman–Crippen LogP) is 1.00. The molecule has 0 fully saturated rings. The van der Waals surface area contributed by atoms with Gasteiger partial charge >= 0.3 is 0 Å². The summed E-state index contributed by atoms with van der Waals surface area (Å²) in [6.45, 7) is 3.87. The molecule has 4 nitrogen and oxygen atoms in total. The summed E-state index contributed by atoms with van der Waals surface area (Å²) < 4.78 is 0. The number of rotatable bonds is 4. The van der Waals surface area contributed by atoms with Gasteiger partial charge in [0, 0.05) is 6.20 Å². The van der Waals surface area contributed by atoms with Crippen molar-refractivity contribution in [1.82, 2.24) is 4.98 Å². The van der Waals surface area contributed by atoms with Crippen molar-refractivity contribution in [3.8, 4) is 0 Å². The van der Waals surface area contributed by atoms with Crippen LogP contribution in [0.25, 0.3) is 0 Å². The number of pyridine rings is 1. The number of anilines is 1. The highest BCUT2D eigenvalue weighted by atomic mass is 16.1. The van der Waals surface area contributed by atoms with E-state index in [9.17, 15) is 4.79 Å². The van der Waals surface area contributed by atoms with Gasteiger partial charge in [0.25, 0.3) is 0 Å². The van der Waals surface area contributed by atoms with Crippen LogP contribution in [-0.2, 0) is 4.79 Å². The first-order valence-electron chi connectivity index (χ1n) is 4.58. The molecule has 1 atom stereocenters. The molecule has 1 heterocycles. The van der Waals surface area contributed by atoms with Gasteiger partial charge in [-0.1, -0.05) is 19.9 Å². The third-order valence-corrected chi connectivity index (χ3v) is 1.94. The van der Waals surface area contributed by atoms with Crippen molar-refractivity contribution in [2.45, 2.75) is 19.9 Å². The summed E-state index contributed by atoms with van der Waals surface area (Å²) in [6, 6.07) is 5.11. The Hall–Kier alpha value is -1.58. The Morgan fingerprint density at radius 1 is 1.50 bits per heavy atom. The van der Waals surface area contributed by atoms with E-state index in [-0.39, 0.29) is 17.9 Å². The fourth-order valence-electron chi connectivity index (χ4n) is 1.17. The molecule has 3 N–H and O–H groups in total. The molecule has 0 aromatic carbocycles. The van der Waals surface area contributed by atoms with Gasteiger partial charge in [-0.15, -0.1) is 0 Å². The van der Waals surface area contributed by atoms with Crippen LogP contribution >= 0.6 is 0 Å². The summed E-state index contributed by atoms with van der Waals surface area (Å²) in [5.41, 5.74) is 5.26. The van der Waals surface area contributed by atoms with E-state index in [1.807, 2.05) is 26.0 Å². The zero-order valence-electron chi connectivity index (χ0n) is 8.40. The summed E-state index contributed by atoms with van der Waals surface area (Å²) in [5.74, 6) is 0.463. The number of nitrogens with one attached hydrogen (secondary N) is 1. The highest BCUT2D eigenvalue weighted by Gasteiger charge is 2.18. The van der Waals surface area contributed by atoms with E-state index in [1.165, 1.54) is 0 Å². The first-order valence-corrected chi connectivity index (χ1v) is 4.58. The first kappa shape index (κ1) is 10.5. The highest BCUT2D eigenvalue weighted by Crippen LogP contribution is 2.08. The third kappa shape index (κ3) is 2.73. The van der Waals surface area contributed by atoms with Crippen LogP contribution in [0.2, 0.25) is 0 Å². The first-order chi connectivity index (χ1) is 6.61. The van der Waals surface area contributed by atoms with E-state index in [2.05, 4.69) is 10.3 Å². The molecular formula is C10H15N3O. The van der Waals surface area contributed by atoms with Crippen molar-refractivity contribution in [1.29, 1.82) is 0 Å². The van der Waals surface area contributed by atoms with Crippen LogP contribution in [-0.4, -0.2) is 16.9 Å². The fourth-order valence-corrected chi connectivity index (χ4v) is 1.17. The molecule has 4 heteroatoms. The lowest BCUT2D eigenvalue weighted by molar-refractivity contribution is -0.119. The Labute approximate surface area is 83.5 Å². The maximum atomic E-state index is 11.1. The molecule has 1 amide bonds. The Kier molecular flexibility index (Phi) is 3.45. The molecule has 1 aromatic heterocycles. The molecule has 0 spiro atoms. The van der Waals surface area contributed by atoms with Gasteiger partial charge in [-0.25, -0.2) is 4.98 Å². The molecule has 0 aliphatic carbocycles. The number of hydrogen-bond acceptors (Lipinski definition) is 3. The number of amides is 1. The van der Waals surface area contributed by atoms with Crippen molar-refractivity contribution in [3.63, 3.8) is 0 Å². The lowest BCUT2D eigenvalue weighted by Crippen LogP contribution is -2.39. The summed E-state index contributed by atoms with van der Waals surface area (Å²) in [5, 5.41) is 2.99. The zero-order chi connectivity index (χ0) is 10.6. The van der Waals surface area contributed by atoms with Gasteiger partial charge in [0.05, 0.1) is 0 Å². The quantitative estimate of drug-likeness (QED) is 0.749. The molecule has 0 saturated heterocycles. The minimum Gasteiger partial charge on any atom is -0.368 e. The van der Waals surface area contributed by atoms with Crippen molar-refractivity contribution in [3.05, 3.63) is 24.4 Å². The molecule has 0 aliphatic heterocycles. The van der Waals surface area contributed by atoms with Crippen LogP contribution in [0.4, 0.5) is 5.82 Å². The second-order valence-electron chi connectivity index (χ2n) is 3.48. The van der Waals surface area contributed by atoms with Gasteiger partial charge in [0.2, 0.25) is 5.91 Å². The van der Waals surface area contributed by atoms with Gasteiger partial charge in [-0.2, -0.15) is 0 Å². The van der Waals surface area contributed by atoms with Gasteiger partial charge in [-0.05, 0) is 18.1 Å². The second kappa shape index (κ2) is 4.60. The van der Waals surface area contributed by atoms with Crippen LogP contribution in [0.5, 0.6) is 0 Å². The predicted molar refractivity (Wildman–Crippen MR) is 55.7 cm³/mol. The SMILES string of the molecule is CC(C)C(Nc1ccccn1)C(N)=O. The van der Waals surface area contributed by atoms with E-state index in [0.29, 0.717) is 5.82 Å². The molecule has 1 rings (SSSR count). The Morgan fingerprint density at radius 3 is 2.64 bits per heavy atom. The van der Waals surface area contributed by atoms with Gasteiger partial charge in [-0.3, -0.25) is 4.79 Å². The van der Waals surface area contributed by atoms with Crippen molar-refractivity contribution < 1.29 is 4.79 Å². The number of nitrogens with zero attached hydrogens (tertiary/aromatic N) is 1. The number of hydrogen-bond donors (Lipinski definition) is 2. The van der Waals surface area contributed by atoms with E-state index >= 15 is 0 Å². The average Bonchev–Trinajstić information content (AvgIpc) is 2.15. The average molecular weight is 193 g/mol. The Bertz CT molecular complexity index is 297. The van der Waals surface area contributed by atoms with Crippen LogP contribution in [0.3, 0.4) is 0 Å². The van der Waals surface area contributed by atoms with Gasteiger partial charge in [0.15, 0.2) is 0 Å². The smallest absolute Gasteiger partial charge is 0.240 e. The number of nitrogens with two attached hydrogens (primary N) is 1. The summed E-state index contributed by atoms with van der Waals surface area (Å²) >= 11 is 0. The lowest BCUT2D eigenvalue weighted by Gasteiger charge is -2.19. The maximum absolute atomic E-state index is 11.1. The topological polar surface area (TPSA) is 68.0 Å². The molecule has 76 valence electrons. The molecule has 0 saturated carbocycles. The number of primary amides is 1. The molecule has 1 aromatic rings. The lowest BCUT2D eigenvalue weighted by atomic mass is 10.0. The van der Waals surface area contributed by atoms with E-state index in [4.69, 9.17) is 5.73 Å². The van der Waals surface area contributed by atoms with Crippen molar-refractivity contribution in [2.75, 3.05) is 5.32 Å². The van der Waals surface area contributed by atoms with Gasteiger partial charge in [0.1, 0.15) is 11.9 Å². The minimum absolute atomic E-state index is 0.148. The summed E-state index contributed by atoms with van der Waals surface area (Å²) in [7, 11) is 0. The van der Waals surface area contributed by atoms with E-state index in [0.717, 1.165) is 0 Å². The number of aromatic nitrogens is 1. The standard InChI is InChI=1S/C10H15N3O/c1-7(2)9(10(11)14)13-8-5-3-4-6-12-8/h3-7,9H,1-2H3,(H2,11,14)(H,12,13). The minimum atomic E-state index is -0.370. The summed E-state index contributed by atoms with van der Waals surface area (Å²) in [4.78, 5) is 15.1. The number of carbonyl (C=O) groups is 1. The van der Waals surface area contributed by atoms with Gasteiger partial charge < -0.3 is 11.1 Å². The number of carbonyl (C=O) groups excluding carboxylic acids is 1. The third-order valence-electron chi connectivity index (χ3n) is 1.94. The highest BCUT2D eigenvalue weighted by molar-refractivity contribution is 5.82. The molecule has 14 heavy (non-hydrogen) atoms. The summed E-state index contributed by atoms with van der Waals surface area (Å²) in [6.07, 6.45) is 1.67. The van der Waals surface area contributed by atoms with Crippen LogP contribution < -0.4 is 11.1 Å². The fraction of sp³-hybridized carbons (Fsp3) is 0.400. The van der Waals surface area contributed by atoms with E-state index < -0.39 is 0 Å². The Morgan fingerprint density at radius 2 is 2.21 bits per heavy atom. The maximum Gasteiger partial charge on any atom is 0.240 e. The molecular weight excluding hydrogens is 178 g/mol. The molecule has 0 radical (unpaired) electrons. The second-order valence-corrected chi connectivity index (χ2v) is 3.48. The molecule has 1 unspecified atom stereocenters. The van der Waals surface area contributed by atoms with Crippen LogP contribution in [0, 0.1) is 5.92 Å². The largest absolute Gasteiger partial charge is 0.368 e. The molecule has 0 aliphatic rings. The van der Waals surface area contributed by atoms with Crippen molar-refractivity contribution >= 4 is 11.7 Å². The molecule has 0 bridgehead atoms. The monoisotopic (exact) mass is 193 g/mol. The van der Waals surface area contributed by atoms with Crippen LogP contribution in [0.15, 0.2) is 24.4 Å². The van der Waals surface area contributed by atoms with Crippen LogP contribution in [0.1, 0.15) is 13.8 Å². The van der Waals surface area contributed by atoms with E-state index in [1.54, 1.807) is 12.3 Å². The van der Waals surface area contributed by atoms with Crippen molar-refractivity contribution in [2.24, 2.45) is 11.7 Å². The normalized spacial score (nSPS) is 12.5. The zero-order valence-corrected chi connectivity index (χ0v) is 8.40.